The highest BCUT2D eigenvalue weighted by Gasteiger charge is 2.18. The smallest absolute Gasteiger partial charge is 0.274 e. The largest absolute Gasteiger partial charge is 0.369 e. The van der Waals surface area contributed by atoms with E-state index in [9.17, 15) is 14.4 Å². The number of para-hydroxylation sites is 1. The molecule has 0 aliphatic heterocycles. The van der Waals surface area contributed by atoms with E-state index in [-0.39, 0.29) is 15.0 Å². The Labute approximate surface area is 240 Å². The van der Waals surface area contributed by atoms with Crippen LogP contribution in [0.4, 0.5) is 17.2 Å². The zero-order valence-electron chi connectivity index (χ0n) is 21.4. The fourth-order valence-electron chi connectivity index (χ4n) is 3.67. The van der Waals surface area contributed by atoms with Crippen LogP contribution >= 0.6 is 22.6 Å². The Morgan fingerprint density at radius 1 is 0.821 bits per heavy atom. The third kappa shape index (κ3) is 7.68. The number of anilines is 3. The van der Waals surface area contributed by atoms with Crippen molar-refractivity contribution in [2.75, 3.05) is 43.1 Å². The molecule has 0 aliphatic rings. The van der Waals surface area contributed by atoms with Crippen molar-refractivity contribution in [3.05, 3.63) is 102 Å². The van der Waals surface area contributed by atoms with Crippen LogP contribution in [0.25, 0.3) is 11.4 Å². The summed E-state index contributed by atoms with van der Waals surface area (Å²) in [5.74, 6) is 0.0172. The summed E-state index contributed by atoms with van der Waals surface area (Å²) in [5.41, 5.74) is 2.46. The highest BCUT2D eigenvalue weighted by atomic mass is 127. The quantitative estimate of drug-likeness (QED) is 0.162. The Kier molecular flexibility index (Phi) is 9.34. The molecule has 10 heteroatoms. The molecule has 0 radical (unpaired) electrons. The Balaban J connectivity index is 1.59. The van der Waals surface area contributed by atoms with Crippen molar-refractivity contribution in [2.45, 2.75) is 0 Å². The number of carbonyl (C=O) groups excluding carboxylic acids is 3. The van der Waals surface area contributed by atoms with Gasteiger partial charge in [-0.15, -0.1) is 0 Å². The molecule has 1 aromatic heterocycles. The van der Waals surface area contributed by atoms with Gasteiger partial charge >= 0.3 is 0 Å². The molecule has 2 amide bonds. The first-order chi connectivity index (χ1) is 18.8. The summed E-state index contributed by atoms with van der Waals surface area (Å²) >= 11 is 1.70. The average Bonchev–Trinajstić information content (AvgIpc) is 2.93. The fraction of sp³-hybridized carbons (Fsp3) is 0.138. The van der Waals surface area contributed by atoms with E-state index >= 15 is 0 Å². The summed E-state index contributed by atoms with van der Waals surface area (Å²) in [4.78, 5) is 49.3. The maximum Gasteiger partial charge on any atom is 0.274 e. The van der Waals surface area contributed by atoms with Crippen molar-refractivity contribution in [3.63, 3.8) is 0 Å². The predicted octanol–water partition coefficient (Wildman–Crippen LogP) is 5.20. The van der Waals surface area contributed by atoms with Crippen molar-refractivity contribution < 1.29 is 14.4 Å². The van der Waals surface area contributed by atoms with Crippen LogP contribution in [0.1, 0.15) is 31.2 Å². The van der Waals surface area contributed by atoms with Crippen LogP contribution in [0, 0.1) is 0 Å². The van der Waals surface area contributed by atoms with Gasteiger partial charge < -0.3 is 20.9 Å². The standard InChI is InChI=1S/C29H27IN6O3/c1-36(2)16-15-31-25-18-24(33-27(35-25)19-9-4-3-5-10-19)29(39)34-23-14-7-6-13-22(23)28(38)32-21-12-8-11-20(17-21)26(30)37/h3-14,17-18H,15-16H2,1-2H3,(H,32,38)(H,34,39)(H,31,33,35). The SMILES string of the molecule is CN(C)CCNc1cc(C(=O)Nc2ccccc2C(=O)Nc2cccc(C(=O)I)c2)nc(-c2ccccc2)n1. The van der Waals surface area contributed by atoms with Gasteiger partial charge in [-0.1, -0.05) is 54.6 Å². The zero-order valence-corrected chi connectivity index (χ0v) is 23.6. The van der Waals surface area contributed by atoms with Gasteiger partial charge in [0.1, 0.15) is 11.5 Å². The van der Waals surface area contributed by atoms with E-state index in [1.54, 1.807) is 77.2 Å². The Bertz CT molecular complexity index is 1490. The fourth-order valence-corrected chi connectivity index (χ4v) is 4.01. The number of benzene rings is 3. The van der Waals surface area contributed by atoms with E-state index in [1.807, 2.05) is 49.3 Å². The Hall–Kier alpha value is -4.16. The topological polar surface area (TPSA) is 116 Å². The lowest BCUT2D eigenvalue weighted by atomic mass is 10.1. The van der Waals surface area contributed by atoms with Gasteiger partial charge in [-0.05, 0) is 38.4 Å². The maximum atomic E-state index is 13.4. The molecule has 0 saturated heterocycles. The van der Waals surface area contributed by atoms with Crippen molar-refractivity contribution in [1.29, 1.82) is 0 Å². The molecule has 39 heavy (non-hydrogen) atoms. The summed E-state index contributed by atoms with van der Waals surface area (Å²) in [5, 5.41) is 8.87. The second-order valence-electron chi connectivity index (χ2n) is 8.87. The molecule has 0 saturated carbocycles. The van der Waals surface area contributed by atoms with Crippen molar-refractivity contribution in [1.82, 2.24) is 14.9 Å². The molecular formula is C29H27IN6O3. The molecule has 0 aliphatic carbocycles. The molecule has 3 N–H and O–H groups in total. The first-order valence-corrected chi connectivity index (χ1v) is 13.2. The third-order valence-electron chi connectivity index (χ3n) is 5.62. The monoisotopic (exact) mass is 634 g/mol. The number of carbonyl (C=O) groups is 3. The van der Waals surface area contributed by atoms with Gasteiger partial charge in [0.25, 0.3) is 11.8 Å². The van der Waals surface area contributed by atoms with Crippen LogP contribution in [0.3, 0.4) is 0 Å². The molecular weight excluding hydrogens is 607 g/mol. The number of rotatable bonds is 10. The van der Waals surface area contributed by atoms with Gasteiger partial charge in [-0.25, -0.2) is 9.97 Å². The molecule has 3 aromatic carbocycles. The summed E-state index contributed by atoms with van der Waals surface area (Å²) in [6.45, 7) is 1.41. The van der Waals surface area contributed by atoms with E-state index in [1.165, 1.54) is 0 Å². The van der Waals surface area contributed by atoms with Crippen LogP contribution in [-0.4, -0.2) is 57.7 Å². The molecule has 0 unspecified atom stereocenters. The van der Waals surface area contributed by atoms with Gasteiger partial charge in [-0.3, -0.25) is 14.4 Å². The number of amides is 2. The molecule has 0 atom stereocenters. The molecule has 1 heterocycles. The number of likely N-dealkylation sites (N-methyl/N-ethyl adjacent to an activating group) is 1. The minimum Gasteiger partial charge on any atom is -0.369 e. The predicted molar refractivity (Wildman–Crippen MR) is 162 cm³/mol. The van der Waals surface area contributed by atoms with Crippen molar-refractivity contribution >= 4 is 55.4 Å². The van der Waals surface area contributed by atoms with E-state index < -0.39 is 11.8 Å². The van der Waals surface area contributed by atoms with E-state index in [0.29, 0.717) is 35.1 Å². The van der Waals surface area contributed by atoms with Gasteiger partial charge in [0, 0.05) is 58.6 Å². The molecule has 4 aromatic rings. The first-order valence-electron chi connectivity index (χ1n) is 12.1. The first kappa shape index (κ1) is 27.9. The zero-order chi connectivity index (χ0) is 27.8. The van der Waals surface area contributed by atoms with Gasteiger partial charge in [0.2, 0.25) is 3.79 Å². The highest BCUT2D eigenvalue weighted by molar-refractivity contribution is 14.1. The minimum absolute atomic E-state index is 0.133. The lowest BCUT2D eigenvalue weighted by Gasteiger charge is -2.14. The third-order valence-corrected chi connectivity index (χ3v) is 6.25. The molecule has 198 valence electrons. The Morgan fingerprint density at radius 3 is 2.31 bits per heavy atom. The van der Waals surface area contributed by atoms with Gasteiger partial charge in [0.05, 0.1) is 11.3 Å². The number of nitrogens with zero attached hydrogens (tertiary/aromatic N) is 3. The lowest BCUT2D eigenvalue weighted by Crippen LogP contribution is -2.22. The van der Waals surface area contributed by atoms with E-state index in [0.717, 1.165) is 12.1 Å². The number of halogens is 1. The van der Waals surface area contributed by atoms with Crippen LogP contribution in [-0.2, 0) is 0 Å². The van der Waals surface area contributed by atoms with Crippen molar-refractivity contribution in [3.8, 4) is 11.4 Å². The number of aromatic nitrogens is 2. The van der Waals surface area contributed by atoms with E-state index in [4.69, 9.17) is 0 Å². The lowest BCUT2D eigenvalue weighted by molar-refractivity contribution is 0.102. The van der Waals surface area contributed by atoms with Crippen LogP contribution in [0.15, 0.2) is 84.9 Å². The van der Waals surface area contributed by atoms with Crippen LogP contribution < -0.4 is 16.0 Å². The van der Waals surface area contributed by atoms with Crippen LogP contribution in [0.5, 0.6) is 0 Å². The van der Waals surface area contributed by atoms with E-state index in [2.05, 4.69) is 25.9 Å². The molecule has 0 bridgehead atoms. The second kappa shape index (κ2) is 13.1. The van der Waals surface area contributed by atoms with Gasteiger partial charge in [-0.2, -0.15) is 0 Å². The Morgan fingerprint density at radius 2 is 1.56 bits per heavy atom. The highest BCUT2D eigenvalue weighted by Crippen LogP contribution is 2.22. The molecule has 0 spiro atoms. The van der Waals surface area contributed by atoms with Gasteiger partial charge in [0.15, 0.2) is 5.82 Å². The second-order valence-corrected chi connectivity index (χ2v) is 9.85. The summed E-state index contributed by atoms with van der Waals surface area (Å²) in [6.07, 6.45) is 0. The van der Waals surface area contributed by atoms with Crippen LogP contribution in [0.2, 0.25) is 0 Å². The summed E-state index contributed by atoms with van der Waals surface area (Å²) in [6, 6.07) is 24.4. The molecule has 9 nitrogen and oxygen atoms in total. The average molecular weight is 634 g/mol. The minimum atomic E-state index is -0.483. The number of nitrogens with one attached hydrogen (secondary N) is 3. The molecule has 0 fully saturated rings. The molecule has 4 rings (SSSR count). The number of hydrogen-bond acceptors (Lipinski definition) is 7. The summed E-state index contributed by atoms with van der Waals surface area (Å²) < 4.78 is -0.133. The normalized spacial score (nSPS) is 10.7. The summed E-state index contributed by atoms with van der Waals surface area (Å²) in [7, 11) is 3.95. The maximum absolute atomic E-state index is 13.4. The number of hydrogen-bond donors (Lipinski definition) is 3. The van der Waals surface area contributed by atoms with Crippen molar-refractivity contribution in [2.24, 2.45) is 0 Å².